The van der Waals surface area contributed by atoms with Crippen LogP contribution in [0.25, 0.3) is 66.8 Å². The van der Waals surface area contributed by atoms with E-state index in [1.165, 1.54) is 0 Å². The highest BCUT2D eigenvalue weighted by molar-refractivity contribution is 6.13. The van der Waals surface area contributed by atoms with E-state index in [1.807, 2.05) is 55.0 Å². The fraction of sp³-hybridized carbons (Fsp3) is 0. The van der Waals surface area contributed by atoms with Crippen molar-refractivity contribution in [3.05, 3.63) is 122 Å². The molecule has 0 N–H and O–H groups in total. The fourth-order valence-electron chi connectivity index (χ4n) is 5.41. The van der Waals surface area contributed by atoms with Gasteiger partial charge in [-0.3, -0.25) is 15.0 Å². The molecule has 38 heavy (non-hydrogen) atoms. The second-order valence-corrected chi connectivity index (χ2v) is 9.23. The smallest absolute Gasteiger partial charge is 0.116 e. The van der Waals surface area contributed by atoms with Gasteiger partial charge in [-0.1, -0.05) is 36.4 Å². The Kier molecular flexibility index (Phi) is 4.42. The van der Waals surface area contributed by atoms with Crippen molar-refractivity contribution in [2.45, 2.75) is 0 Å². The zero-order chi connectivity index (χ0) is 25.1. The van der Waals surface area contributed by atoms with E-state index in [2.05, 4.69) is 80.8 Å². The lowest BCUT2D eigenvalue weighted by molar-refractivity contribution is 1.16. The van der Waals surface area contributed by atoms with Gasteiger partial charge in [0, 0.05) is 35.5 Å². The van der Waals surface area contributed by atoms with E-state index in [0.29, 0.717) is 0 Å². The Morgan fingerprint density at radius 2 is 1.00 bits per heavy atom. The number of aromatic nitrogens is 6. The van der Waals surface area contributed by atoms with Gasteiger partial charge < -0.3 is 9.13 Å². The molecule has 0 spiro atoms. The summed E-state index contributed by atoms with van der Waals surface area (Å²) in [4.78, 5) is 19.2. The minimum Gasteiger partial charge on any atom is -0.306 e. The van der Waals surface area contributed by atoms with Crippen LogP contribution in [0.15, 0.2) is 122 Å². The third-order valence-electron chi connectivity index (χ3n) is 7.07. The average Bonchev–Trinajstić information content (AvgIpc) is 3.49. The van der Waals surface area contributed by atoms with Crippen LogP contribution in [-0.4, -0.2) is 29.1 Å². The van der Waals surface area contributed by atoms with Crippen molar-refractivity contribution in [1.29, 1.82) is 0 Å². The van der Waals surface area contributed by atoms with Crippen LogP contribution in [0, 0.1) is 0 Å². The van der Waals surface area contributed by atoms with Crippen molar-refractivity contribution in [2.75, 3.05) is 0 Å². The SMILES string of the molecule is c1ccc(-n2c3cccnc3c3nc4c5ncccc5n(-c5ccc(-c6ccccn6)cc5)c4cc32)cc1. The highest BCUT2D eigenvalue weighted by Gasteiger charge is 2.20. The molecule has 0 atom stereocenters. The highest BCUT2D eigenvalue weighted by atomic mass is 15.1. The Bertz CT molecular complexity index is 2110. The molecule has 8 rings (SSSR count). The largest absolute Gasteiger partial charge is 0.306 e. The fourth-order valence-corrected chi connectivity index (χ4v) is 5.41. The normalized spacial score (nSPS) is 11.7. The van der Waals surface area contributed by atoms with Crippen LogP contribution < -0.4 is 0 Å². The maximum absolute atomic E-state index is 5.21. The van der Waals surface area contributed by atoms with E-state index in [9.17, 15) is 0 Å². The first kappa shape index (κ1) is 20.8. The summed E-state index contributed by atoms with van der Waals surface area (Å²) >= 11 is 0. The lowest BCUT2D eigenvalue weighted by Gasteiger charge is -2.10. The van der Waals surface area contributed by atoms with E-state index in [-0.39, 0.29) is 0 Å². The molecule has 0 amide bonds. The van der Waals surface area contributed by atoms with Gasteiger partial charge in [-0.15, -0.1) is 0 Å². The molecule has 0 bridgehead atoms. The third-order valence-corrected chi connectivity index (χ3v) is 7.07. The topological polar surface area (TPSA) is 61.4 Å². The molecule has 0 aliphatic carbocycles. The van der Waals surface area contributed by atoms with Gasteiger partial charge in [0.2, 0.25) is 0 Å². The number of para-hydroxylation sites is 1. The minimum atomic E-state index is 0.861. The van der Waals surface area contributed by atoms with Gasteiger partial charge in [0.15, 0.2) is 0 Å². The number of benzene rings is 2. The number of rotatable bonds is 3. The summed E-state index contributed by atoms with van der Waals surface area (Å²) in [5.74, 6) is 0. The quantitative estimate of drug-likeness (QED) is 0.265. The van der Waals surface area contributed by atoms with Crippen molar-refractivity contribution < 1.29 is 0 Å². The molecule has 0 radical (unpaired) electrons. The van der Waals surface area contributed by atoms with Gasteiger partial charge in [-0.05, 0) is 66.7 Å². The van der Waals surface area contributed by atoms with Crippen molar-refractivity contribution in [2.24, 2.45) is 0 Å². The molecular weight excluding hydrogens is 468 g/mol. The van der Waals surface area contributed by atoms with Crippen molar-refractivity contribution in [1.82, 2.24) is 29.1 Å². The second-order valence-electron chi connectivity index (χ2n) is 9.23. The predicted octanol–water partition coefficient (Wildman–Crippen LogP) is 7.13. The van der Waals surface area contributed by atoms with E-state index in [4.69, 9.17) is 15.0 Å². The number of hydrogen-bond donors (Lipinski definition) is 0. The summed E-state index contributed by atoms with van der Waals surface area (Å²) in [7, 11) is 0. The zero-order valence-corrected chi connectivity index (χ0v) is 20.2. The predicted molar refractivity (Wildman–Crippen MR) is 152 cm³/mol. The Hall–Kier alpha value is -5.36. The number of fused-ring (bicyclic) bond motifs is 6. The summed E-state index contributed by atoms with van der Waals surface area (Å²) in [6.07, 6.45) is 5.47. The van der Waals surface area contributed by atoms with Crippen LogP contribution in [0.2, 0.25) is 0 Å². The number of nitrogens with zero attached hydrogens (tertiary/aromatic N) is 6. The van der Waals surface area contributed by atoms with E-state index >= 15 is 0 Å². The summed E-state index contributed by atoms with van der Waals surface area (Å²) in [5, 5.41) is 0. The summed E-state index contributed by atoms with van der Waals surface area (Å²) < 4.78 is 4.48. The first-order valence-corrected chi connectivity index (χ1v) is 12.5. The van der Waals surface area contributed by atoms with E-state index in [0.717, 1.165) is 66.8 Å². The second kappa shape index (κ2) is 8.08. The third kappa shape index (κ3) is 3.01. The first-order valence-electron chi connectivity index (χ1n) is 12.5. The molecule has 6 nitrogen and oxygen atoms in total. The molecule has 0 fully saturated rings. The monoisotopic (exact) mass is 488 g/mol. The molecule has 6 heterocycles. The van der Waals surface area contributed by atoms with Gasteiger partial charge in [0.25, 0.3) is 0 Å². The highest BCUT2D eigenvalue weighted by Crippen LogP contribution is 2.36. The van der Waals surface area contributed by atoms with Gasteiger partial charge in [-0.25, -0.2) is 4.98 Å². The molecule has 6 aromatic heterocycles. The lowest BCUT2D eigenvalue weighted by atomic mass is 10.1. The van der Waals surface area contributed by atoms with Gasteiger partial charge >= 0.3 is 0 Å². The van der Waals surface area contributed by atoms with Crippen LogP contribution in [0.1, 0.15) is 0 Å². The van der Waals surface area contributed by atoms with E-state index < -0.39 is 0 Å². The maximum Gasteiger partial charge on any atom is 0.116 e. The van der Waals surface area contributed by atoms with Crippen molar-refractivity contribution in [3.8, 4) is 22.6 Å². The Labute approximate surface area is 217 Å². The number of pyridine rings is 4. The van der Waals surface area contributed by atoms with Gasteiger partial charge in [-0.2, -0.15) is 0 Å². The zero-order valence-electron chi connectivity index (χ0n) is 20.2. The summed E-state index contributed by atoms with van der Waals surface area (Å²) in [6, 6.07) is 35.2. The molecule has 8 aromatic rings. The van der Waals surface area contributed by atoms with Crippen molar-refractivity contribution >= 4 is 44.1 Å². The van der Waals surface area contributed by atoms with Crippen molar-refractivity contribution in [3.63, 3.8) is 0 Å². The molecule has 6 heteroatoms. The first-order chi connectivity index (χ1) is 18.9. The summed E-state index contributed by atoms with van der Waals surface area (Å²) in [5.41, 5.74) is 11.7. The van der Waals surface area contributed by atoms with Crippen LogP contribution in [0.3, 0.4) is 0 Å². The number of hydrogen-bond acceptors (Lipinski definition) is 4. The maximum atomic E-state index is 5.21. The Morgan fingerprint density at radius 3 is 1.61 bits per heavy atom. The molecule has 178 valence electrons. The molecule has 0 unspecified atom stereocenters. The molecule has 0 saturated carbocycles. The van der Waals surface area contributed by atoms with Gasteiger partial charge in [0.05, 0.1) is 27.8 Å². The van der Waals surface area contributed by atoms with E-state index in [1.54, 1.807) is 0 Å². The standard InChI is InChI=1S/C32H20N6/c1-2-8-22(9-3-1)37-25-11-6-18-34-29(25)31-27(37)20-28-32(36-31)30-26(12-7-19-35-30)38(28)23-15-13-21(14-16-23)24-10-4-5-17-33-24/h1-20H. The lowest BCUT2D eigenvalue weighted by Crippen LogP contribution is -1.96. The van der Waals surface area contributed by atoms with Gasteiger partial charge in [0.1, 0.15) is 22.1 Å². The molecule has 2 aromatic carbocycles. The Morgan fingerprint density at radius 1 is 0.421 bits per heavy atom. The molecule has 0 aliphatic rings. The van der Waals surface area contributed by atoms with Crippen LogP contribution in [-0.2, 0) is 0 Å². The minimum absolute atomic E-state index is 0.861. The summed E-state index contributed by atoms with van der Waals surface area (Å²) in [6.45, 7) is 0. The molecule has 0 aliphatic heterocycles. The van der Waals surface area contributed by atoms with Crippen LogP contribution >= 0.6 is 0 Å². The molecular formula is C32H20N6. The molecule has 0 saturated heterocycles. The average molecular weight is 489 g/mol. The van der Waals surface area contributed by atoms with Crippen LogP contribution in [0.4, 0.5) is 0 Å². The Balaban J connectivity index is 1.45. The van der Waals surface area contributed by atoms with Crippen LogP contribution in [0.5, 0.6) is 0 Å².